The fraction of sp³-hybridized carbons (Fsp3) is 0.308. The van der Waals surface area contributed by atoms with Crippen molar-refractivity contribution in [2.24, 2.45) is 0 Å². The minimum Gasteiger partial charge on any atom is -0.463 e. The smallest absolute Gasteiger partial charge is 0.330 e. The molecular weight excluding hydrogens is 204 g/mol. The van der Waals surface area contributed by atoms with Crippen LogP contribution in [0.5, 0.6) is 0 Å². The summed E-state index contributed by atoms with van der Waals surface area (Å²) in [5, 5.41) is 9.33. The highest BCUT2D eigenvalue weighted by Crippen LogP contribution is 1.98. The number of carbonyl (C=O) groups is 1. The van der Waals surface area contributed by atoms with E-state index in [2.05, 4.69) is 11.3 Å². The fourth-order valence-corrected chi connectivity index (χ4v) is 0.786. The molecule has 16 heavy (non-hydrogen) atoms. The molecule has 0 aliphatic carbocycles. The Morgan fingerprint density at radius 2 is 2.00 bits per heavy atom. The molecule has 0 aromatic rings. The number of aliphatic hydroxyl groups is 1. The van der Waals surface area contributed by atoms with E-state index in [0.717, 1.165) is 0 Å². The third-order valence-electron chi connectivity index (χ3n) is 1.65. The van der Waals surface area contributed by atoms with Gasteiger partial charge in [-0.3, -0.25) is 0 Å². The third kappa shape index (κ3) is 7.76. The van der Waals surface area contributed by atoms with Crippen molar-refractivity contribution in [1.29, 1.82) is 0 Å². The summed E-state index contributed by atoms with van der Waals surface area (Å²) in [7, 11) is 0. The predicted molar refractivity (Wildman–Crippen MR) is 64.9 cm³/mol. The molecule has 0 bridgehead atoms. The molecule has 0 aromatic heterocycles. The quantitative estimate of drug-likeness (QED) is 0.324. The van der Waals surface area contributed by atoms with E-state index in [1.807, 2.05) is 0 Å². The number of rotatable bonds is 6. The maximum atomic E-state index is 10.9. The van der Waals surface area contributed by atoms with Crippen LogP contribution in [0, 0.1) is 0 Å². The minimum absolute atomic E-state index is 0.363. The first-order valence-electron chi connectivity index (χ1n) is 5.09. The zero-order valence-corrected chi connectivity index (χ0v) is 9.72. The van der Waals surface area contributed by atoms with Gasteiger partial charge in [0.2, 0.25) is 0 Å². The number of aliphatic hydroxyl groups excluding tert-OH is 1. The molecule has 0 heterocycles. The lowest BCUT2D eigenvalue weighted by atomic mass is 10.2. The van der Waals surface area contributed by atoms with Gasteiger partial charge in [-0.25, -0.2) is 4.79 Å². The van der Waals surface area contributed by atoms with Gasteiger partial charge in [0.1, 0.15) is 0 Å². The van der Waals surface area contributed by atoms with Gasteiger partial charge in [0.25, 0.3) is 0 Å². The van der Waals surface area contributed by atoms with Gasteiger partial charge in [-0.05, 0) is 19.4 Å². The van der Waals surface area contributed by atoms with Gasteiger partial charge < -0.3 is 9.84 Å². The van der Waals surface area contributed by atoms with Crippen molar-refractivity contribution in [2.75, 3.05) is 6.61 Å². The second-order valence-electron chi connectivity index (χ2n) is 3.17. The average molecular weight is 222 g/mol. The Morgan fingerprint density at radius 3 is 2.56 bits per heavy atom. The average Bonchev–Trinajstić information content (AvgIpc) is 2.23. The molecule has 0 fully saturated rings. The second kappa shape index (κ2) is 8.68. The van der Waals surface area contributed by atoms with Crippen LogP contribution in [0.25, 0.3) is 0 Å². The summed E-state index contributed by atoms with van der Waals surface area (Å²) in [6.45, 7) is 7.49. The van der Waals surface area contributed by atoms with Gasteiger partial charge in [0.15, 0.2) is 0 Å². The lowest BCUT2D eigenvalue weighted by Gasteiger charge is -2.00. The van der Waals surface area contributed by atoms with Crippen molar-refractivity contribution >= 4 is 5.97 Å². The molecule has 0 radical (unpaired) electrons. The first-order chi connectivity index (χ1) is 7.57. The molecule has 0 amide bonds. The van der Waals surface area contributed by atoms with Gasteiger partial charge in [0.05, 0.1) is 12.7 Å². The van der Waals surface area contributed by atoms with Crippen LogP contribution in [0.3, 0.4) is 0 Å². The van der Waals surface area contributed by atoms with Crippen LogP contribution in [0.1, 0.15) is 13.8 Å². The van der Waals surface area contributed by atoms with Crippen LogP contribution in [0.15, 0.2) is 48.6 Å². The lowest BCUT2D eigenvalue weighted by Crippen LogP contribution is -2.01. The SMILES string of the molecule is C=C(C)C(O)\C=C/C=C/C=C/C(=O)OCC. The van der Waals surface area contributed by atoms with Crippen molar-refractivity contribution in [3.8, 4) is 0 Å². The highest BCUT2D eigenvalue weighted by atomic mass is 16.5. The Morgan fingerprint density at radius 1 is 1.38 bits per heavy atom. The standard InChI is InChI=1S/C13H18O3/c1-4-16-13(15)10-8-6-5-7-9-12(14)11(2)3/h5-10,12,14H,2,4H2,1,3H3/b6-5+,9-7-,10-8+. The Kier molecular flexibility index (Phi) is 7.81. The number of esters is 1. The molecule has 0 saturated carbocycles. The van der Waals surface area contributed by atoms with Crippen molar-refractivity contribution < 1.29 is 14.6 Å². The highest BCUT2D eigenvalue weighted by molar-refractivity contribution is 5.82. The van der Waals surface area contributed by atoms with Crippen LogP contribution in [0.4, 0.5) is 0 Å². The maximum absolute atomic E-state index is 10.9. The zero-order chi connectivity index (χ0) is 12.4. The molecule has 88 valence electrons. The van der Waals surface area contributed by atoms with Crippen LogP contribution in [-0.4, -0.2) is 23.8 Å². The topological polar surface area (TPSA) is 46.5 Å². The first-order valence-corrected chi connectivity index (χ1v) is 5.09. The lowest BCUT2D eigenvalue weighted by molar-refractivity contribution is -0.137. The van der Waals surface area contributed by atoms with Crippen molar-refractivity contribution in [1.82, 2.24) is 0 Å². The predicted octanol–water partition coefficient (Wildman–Crippen LogP) is 2.16. The largest absolute Gasteiger partial charge is 0.463 e. The van der Waals surface area contributed by atoms with Crippen LogP contribution in [-0.2, 0) is 9.53 Å². The number of allylic oxidation sites excluding steroid dienone is 4. The Bertz CT molecular complexity index is 311. The molecule has 0 spiro atoms. The summed E-state index contributed by atoms with van der Waals surface area (Å²) < 4.78 is 4.69. The van der Waals surface area contributed by atoms with Crippen LogP contribution >= 0.6 is 0 Å². The third-order valence-corrected chi connectivity index (χ3v) is 1.65. The molecule has 0 aliphatic heterocycles. The molecule has 3 nitrogen and oxygen atoms in total. The molecule has 0 saturated heterocycles. The van der Waals surface area contributed by atoms with Crippen LogP contribution < -0.4 is 0 Å². The normalized spacial score (nSPS) is 13.7. The number of carbonyl (C=O) groups excluding carboxylic acids is 1. The number of hydrogen-bond acceptors (Lipinski definition) is 3. The van der Waals surface area contributed by atoms with E-state index in [1.54, 1.807) is 44.2 Å². The summed E-state index contributed by atoms with van der Waals surface area (Å²) in [5.41, 5.74) is 0.687. The maximum Gasteiger partial charge on any atom is 0.330 e. The summed E-state index contributed by atoms with van der Waals surface area (Å²) in [6.07, 6.45) is 8.98. The van der Waals surface area contributed by atoms with Gasteiger partial charge in [0, 0.05) is 6.08 Å². The van der Waals surface area contributed by atoms with Gasteiger partial charge >= 0.3 is 5.97 Å². The fourth-order valence-electron chi connectivity index (χ4n) is 0.786. The summed E-state index contributed by atoms with van der Waals surface area (Å²) in [4.78, 5) is 10.9. The number of hydrogen-bond donors (Lipinski definition) is 1. The Hall–Kier alpha value is -1.61. The summed E-state index contributed by atoms with van der Waals surface area (Å²) in [6, 6.07) is 0. The minimum atomic E-state index is -0.626. The molecule has 3 heteroatoms. The van der Waals surface area contributed by atoms with E-state index >= 15 is 0 Å². The summed E-state index contributed by atoms with van der Waals surface area (Å²) in [5.74, 6) is -0.363. The Balaban J connectivity index is 3.94. The van der Waals surface area contributed by atoms with Crippen molar-refractivity contribution in [2.45, 2.75) is 20.0 Å². The molecule has 0 aliphatic rings. The van der Waals surface area contributed by atoms with E-state index in [9.17, 15) is 9.90 Å². The van der Waals surface area contributed by atoms with E-state index < -0.39 is 6.10 Å². The van der Waals surface area contributed by atoms with Gasteiger partial charge in [-0.2, -0.15) is 0 Å². The molecule has 1 atom stereocenters. The Labute approximate surface area is 96.4 Å². The molecular formula is C13H18O3. The second-order valence-corrected chi connectivity index (χ2v) is 3.17. The van der Waals surface area contributed by atoms with Crippen LogP contribution in [0.2, 0.25) is 0 Å². The monoisotopic (exact) mass is 222 g/mol. The van der Waals surface area contributed by atoms with Crippen molar-refractivity contribution in [3.05, 3.63) is 48.6 Å². The zero-order valence-electron chi connectivity index (χ0n) is 9.72. The van der Waals surface area contributed by atoms with Gasteiger partial charge in [-0.15, -0.1) is 0 Å². The van der Waals surface area contributed by atoms with E-state index in [-0.39, 0.29) is 5.97 Å². The van der Waals surface area contributed by atoms with Crippen molar-refractivity contribution in [3.63, 3.8) is 0 Å². The van der Waals surface area contributed by atoms with E-state index in [4.69, 9.17) is 0 Å². The van der Waals surface area contributed by atoms with Gasteiger partial charge in [-0.1, -0.05) is 37.0 Å². The number of ether oxygens (including phenoxy) is 1. The molecule has 0 rings (SSSR count). The van der Waals surface area contributed by atoms with E-state index in [1.165, 1.54) is 6.08 Å². The summed E-state index contributed by atoms with van der Waals surface area (Å²) >= 11 is 0. The molecule has 1 N–H and O–H groups in total. The van der Waals surface area contributed by atoms with E-state index in [0.29, 0.717) is 12.2 Å². The highest BCUT2D eigenvalue weighted by Gasteiger charge is 1.95. The molecule has 0 aromatic carbocycles. The first kappa shape index (κ1) is 14.4. The molecule has 1 unspecified atom stereocenters.